The molecule has 0 fully saturated rings. The number of rotatable bonds is 5. The molecule has 0 aliphatic heterocycles. The second-order valence-corrected chi connectivity index (χ2v) is 6.84. The molecular weight excluding hydrogens is 338 g/mol. The zero-order chi connectivity index (χ0) is 19.4. The third-order valence-corrected chi connectivity index (χ3v) is 4.61. The van der Waals surface area contributed by atoms with Crippen LogP contribution in [-0.4, -0.2) is 23.3 Å². The summed E-state index contributed by atoms with van der Waals surface area (Å²) in [6, 6.07) is 18.7. The summed E-state index contributed by atoms with van der Waals surface area (Å²) in [5, 5.41) is 3.82. The highest BCUT2D eigenvalue weighted by molar-refractivity contribution is 6.16. The van der Waals surface area contributed by atoms with Crippen molar-refractivity contribution < 1.29 is 9.59 Å². The smallest absolute Gasteiger partial charge is 0.242 e. The molecule has 0 atom stereocenters. The van der Waals surface area contributed by atoms with Crippen LogP contribution in [0.3, 0.4) is 0 Å². The number of benzene rings is 2. The number of hydrogen-bond acceptors (Lipinski definition) is 3. The number of nitrogens with zero attached hydrogens (tertiary/aromatic N) is 2. The number of nitrogens with one attached hydrogen (secondary N) is 1. The van der Waals surface area contributed by atoms with Crippen LogP contribution in [0.5, 0.6) is 0 Å². The highest BCUT2D eigenvalue weighted by Gasteiger charge is 2.39. The maximum atomic E-state index is 13.1. The topological polar surface area (TPSA) is 62.3 Å². The van der Waals surface area contributed by atoms with Crippen LogP contribution in [0.4, 0.5) is 11.4 Å². The van der Waals surface area contributed by atoms with Crippen LogP contribution in [0, 0.1) is 5.41 Å². The van der Waals surface area contributed by atoms with Crippen molar-refractivity contribution in [2.45, 2.75) is 20.8 Å². The number of aromatic nitrogens is 1. The minimum absolute atomic E-state index is 0.248. The van der Waals surface area contributed by atoms with E-state index in [0.29, 0.717) is 17.7 Å². The van der Waals surface area contributed by atoms with Crippen LogP contribution < -0.4 is 10.2 Å². The highest BCUT2D eigenvalue weighted by atomic mass is 16.2. The third kappa shape index (κ3) is 3.67. The molecule has 5 heteroatoms. The summed E-state index contributed by atoms with van der Waals surface area (Å²) in [7, 11) is 0. The second kappa shape index (κ2) is 7.58. The van der Waals surface area contributed by atoms with Crippen LogP contribution in [0.25, 0.3) is 10.9 Å². The molecule has 3 rings (SSSR count). The van der Waals surface area contributed by atoms with E-state index in [1.54, 1.807) is 31.0 Å². The molecule has 0 aliphatic rings. The van der Waals surface area contributed by atoms with E-state index in [0.717, 1.165) is 11.1 Å². The van der Waals surface area contributed by atoms with Crippen molar-refractivity contribution in [3.63, 3.8) is 0 Å². The highest BCUT2D eigenvalue weighted by Crippen LogP contribution is 2.27. The van der Waals surface area contributed by atoms with Gasteiger partial charge in [-0.25, -0.2) is 0 Å². The van der Waals surface area contributed by atoms with E-state index in [9.17, 15) is 9.59 Å². The summed E-state index contributed by atoms with van der Waals surface area (Å²) < 4.78 is 0. The second-order valence-electron chi connectivity index (χ2n) is 6.84. The standard InChI is InChI=1S/C22H23N3O2/c1-4-25(17-12-6-5-7-13-17)21(27)22(2,3)20(26)24-18-14-8-10-16-11-9-15-23-19(16)18/h5-15H,4H2,1-3H3,(H,24,26). The summed E-state index contributed by atoms with van der Waals surface area (Å²) in [5.41, 5.74) is 0.842. The molecule has 27 heavy (non-hydrogen) atoms. The molecule has 0 radical (unpaired) electrons. The van der Waals surface area contributed by atoms with Crippen LogP contribution >= 0.6 is 0 Å². The lowest BCUT2D eigenvalue weighted by Gasteiger charge is -2.30. The number of pyridine rings is 1. The summed E-state index contributed by atoms with van der Waals surface area (Å²) >= 11 is 0. The lowest BCUT2D eigenvalue weighted by molar-refractivity contribution is -0.136. The molecule has 0 saturated carbocycles. The Morgan fingerprint density at radius 2 is 1.70 bits per heavy atom. The van der Waals surface area contributed by atoms with E-state index >= 15 is 0 Å². The molecule has 2 amide bonds. The number of anilines is 2. The van der Waals surface area contributed by atoms with Crippen LogP contribution in [0.1, 0.15) is 20.8 Å². The van der Waals surface area contributed by atoms with Gasteiger partial charge >= 0.3 is 0 Å². The monoisotopic (exact) mass is 361 g/mol. The van der Waals surface area contributed by atoms with Crippen molar-refractivity contribution in [3.8, 4) is 0 Å². The molecule has 0 unspecified atom stereocenters. The Morgan fingerprint density at radius 3 is 2.41 bits per heavy atom. The van der Waals surface area contributed by atoms with E-state index in [-0.39, 0.29) is 11.8 Å². The first kappa shape index (κ1) is 18.6. The molecule has 3 aromatic rings. The van der Waals surface area contributed by atoms with Crippen molar-refractivity contribution in [1.82, 2.24) is 4.98 Å². The van der Waals surface area contributed by atoms with Crippen molar-refractivity contribution in [2.75, 3.05) is 16.8 Å². The number of carbonyl (C=O) groups excluding carboxylic acids is 2. The van der Waals surface area contributed by atoms with Crippen molar-refractivity contribution in [2.24, 2.45) is 5.41 Å². The number of hydrogen-bond donors (Lipinski definition) is 1. The fourth-order valence-corrected chi connectivity index (χ4v) is 2.97. The van der Waals surface area contributed by atoms with E-state index in [1.807, 2.05) is 61.5 Å². The Hall–Kier alpha value is -3.21. The quantitative estimate of drug-likeness (QED) is 0.691. The van der Waals surface area contributed by atoms with Crippen LogP contribution in [0.15, 0.2) is 66.9 Å². The summed E-state index contributed by atoms with van der Waals surface area (Å²) in [6.07, 6.45) is 1.68. The Kier molecular flexibility index (Phi) is 5.21. The maximum absolute atomic E-state index is 13.1. The lowest BCUT2D eigenvalue weighted by atomic mass is 9.89. The number of para-hydroxylation sites is 2. The summed E-state index contributed by atoms with van der Waals surface area (Å²) in [5.74, 6) is -0.609. The van der Waals surface area contributed by atoms with Gasteiger partial charge in [0.1, 0.15) is 5.41 Å². The van der Waals surface area contributed by atoms with Gasteiger partial charge in [0.25, 0.3) is 0 Å². The van der Waals surface area contributed by atoms with E-state index in [2.05, 4.69) is 10.3 Å². The van der Waals surface area contributed by atoms with Gasteiger partial charge < -0.3 is 10.2 Å². The zero-order valence-corrected chi connectivity index (χ0v) is 15.8. The fourth-order valence-electron chi connectivity index (χ4n) is 2.97. The number of amides is 2. The van der Waals surface area contributed by atoms with E-state index in [4.69, 9.17) is 0 Å². The van der Waals surface area contributed by atoms with Gasteiger partial charge in [0.05, 0.1) is 11.2 Å². The number of carbonyl (C=O) groups is 2. The predicted molar refractivity (Wildman–Crippen MR) is 109 cm³/mol. The molecule has 0 spiro atoms. The Labute approximate surface area is 159 Å². The van der Waals surface area contributed by atoms with Crippen molar-refractivity contribution in [1.29, 1.82) is 0 Å². The van der Waals surface area contributed by atoms with Crippen molar-refractivity contribution >= 4 is 34.1 Å². The molecule has 138 valence electrons. The third-order valence-electron chi connectivity index (χ3n) is 4.61. The SMILES string of the molecule is CCN(C(=O)C(C)(C)C(=O)Nc1cccc2cccnc12)c1ccccc1. The maximum Gasteiger partial charge on any atom is 0.242 e. The molecule has 5 nitrogen and oxygen atoms in total. The molecule has 1 heterocycles. The first-order valence-electron chi connectivity index (χ1n) is 8.97. The molecule has 0 aliphatic carbocycles. The van der Waals surface area contributed by atoms with Gasteiger partial charge in [-0.15, -0.1) is 0 Å². The number of fused-ring (bicyclic) bond motifs is 1. The minimum Gasteiger partial charge on any atom is -0.323 e. The Bertz CT molecular complexity index is 962. The molecular formula is C22H23N3O2. The summed E-state index contributed by atoms with van der Waals surface area (Å²) in [6.45, 7) is 5.67. The fraction of sp³-hybridized carbons (Fsp3) is 0.227. The van der Waals surface area contributed by atoms with Gasteiger partial charge in [-0.1, -0.05) is 36.4 Å². The largest absolute Gasteiger partial charge is 0.323 e. The van der Waals surface area contributed by atoms with E-state index in [1.165, 1.54) is 0 Å². The Morgan fingerprint density at radius 1 is 1.00 bits per heavy atom. The van der Waals surface area contributed by atoms with Crippen LogP contribution in [-0.2, 0) is 9.59 Å². The van der Waals surface area contributed by atoms with Crippen molar-refractivity contribution in [3.05, 3.63) is 66.9 Å². The molecule has 2 aromatic carbocycles. The molecule has 1 aromatic heterocycles. The molecule has 1 N–H and O–H groups in total. The van der Waals surface area contributed by atoms with Crippen LogP contribution in [0.2, 0.25) is 0 Å². The first-order chi connectivity index (χ1) is 12.9. The van der Waals surface area contributed by atoms with Gasteiger partial charge in [-0.05, 0) is 45.0 Å². The van der Waals surface area contributed by atoms with Gasteiger partial charge in [0, 0.05) is 23.8 Å². The average molecular weight is 361 g/mol. The minimum atomic E-state index is -1.23. The van der Waals surface area contributed by atoms with Gasteiger partial charge in [-0.2, -0.15) is 0 Å². The average Bonchev–Trinajstić information content (AvgIpc) is 2.69. The first-order valence-corrected chi connectivity index (χ1v) is 8.97. The Balaban J connectivity index is 1.87. The van der Waals surface area contributed by atoms with Gasteiger partial charge in [0.2, 0.25) is 11.8 Å². The predicted octanol–water partition coefficient (Wildman–Crippen LogP) is 4.25. The molecule has 0 saturated heterocycles. The lowest BCUT2D eigenvalue weighted by Crippen LogP contribution is -2.47. The van der Waals surface area contributed by atoms with Gasteiger partial charge in [0.15, 0.2) is 0 Å². The molecule has 0 bridgehead atoms. The van der Waals surface area contributed by atoms with Gasteiger partial charge in [-0.3, -0.25) is 14.6 Å². The van der Waals surface area contributed by atoms with E-state index < -0.39 is 5.41 Å². The summed E-state index contributed by atoms with van der Waals surface area (Å²) in [4.78, 5) is 32.1. The zero-order valence-electron chi connectivity index (χ0n) is 15.8. The normalized spacial score (nSPS) is 11.2.